The Bertz CT molecular complexity index is 189. The highest BCUT2D eigenvalue weighted by Gasteiger charge is 2.51. The van der Waals surface area contributed by atoms with Crippen LogP contribution in [0.5, 0.6) is 0 Å². The van der Waals surface area contributed by atoms with Gasteiger partial charge in [-0.25, -0.2) is 0 Å². The topological polar surface area (TPSA) is 63.3 Å². The summed E-state index contributed by atoms with van der Waals surface area (Å²) in [5.74, 6) is -0.583. The molecule has 1 rings (SSSR count). The molecule has 0 aliphatic heterocycles. The largest absolute Gasteiger partial charge is 0.379 e. The number of amides is 1. The maximum absolute atomic E-state index is 10.9. The van der Waals surface area contributed by atoms with Gasteiger partial charge < -0.3 is 10.8 Å². The predicted octanol–water partition coefficient (Wildman–Crippen LogP) is 0.413. The molecular formula is C8H15NO2. The van der Waals surface area contributed by atoms with Crippen LogP contribution in [0.25, 0.3) is 0 Å². The molecule has 3 nitrogen and oxygen atoms in total. The van der Waals surface area contributed by atoms with Crippen molar-refractivity contribution in [2.45, 2.75) is 38.7 Å². The molecule has 3 N–H and O–H groups in total. The molecule has 1 atom stereocenters. The Morgan fingerprint density at radius 2 is 2.00 bits per heavy atom. The molecular weight excluding hydrogens is 142 g/mol. The smallest absolute Gasteiger partial charge is 0.249 e. The summed E-state index contributed by atoms with van der Waals surface area (Å²) in [6.07, 6.45) is 2.26. The number of carbonyl (C=O) groups excluding carboxylic acids is 1. The van der Waals surface area contributed by atoms with E-state index < -0.39 is 11.5 Å². The third-order valence-electron chi connectivity index (χ3n) is 2.87. The SMILES string of the molecule is CC1(C)CCCC1(O)C(N)=O. The lowest BCUT2D eigenvalue weighted by molar-refractivity contribution is -0.145. The van der Waals surface area contributed by atoms with Crippen LogP contribution in [-0.4, -0.2) is 16.6 Å². The van der Waals surface area contributed by atoms with Crippen LogP contribution in [-0.2, 0) is 4.79 Å². The second-order valence-electron chi connectivity index (χ2n) is 3.96. The van der Waals surface area contributed by atoms with Crippen molar-refractivity contribution in [1.29, 1.82) is 0 Å². The molecule has 0 saturated heterocycles. The molecule has 1 unspecified atom stereocenters. The Kier molecular flexibility index (Phi) is 1.71. The summed E-state index contributed by atoms with van der Waals surface area (Å²) in [7, 11) is 0. The zero-order valence-electron chi connectivity index (χ0n) is 7.05. The van der Waals surface area contributed by atoms with Gasteiger partial charge >= 0.3 is 0 Å². The van der Waals surface area contributed by atoms with E-state index in [0.717, 1.165) is 12.8 Å². The summed E-state index contributed by atoms with van der Waals surface area (Å²) >= 11 is 0. The molecule has 11 heavy (non-hydrogen) atoms. The minimum atomic E-state index is -1.27. The van der Waals surface area contributed by atoms with Gasteiger partial charge in [-0.2, -0.15) is 0 Å². The summed E-state index contributed by atoms with van der Waals surface area (Å²) in [6.45, 7) is 3.76. The number of hydrogen-bond acceptors (Lipinski definition) is 2. The molecule has 0 bridgehead atoms. The summed E-state index contributed by atoms with van der Waals surface area (Å²) < 4.78 is 0. The number of aliphatic hydroxyl groups is 1. The lowest BCUT2D eigenvalue weighted by Crippen LogP contribution is -2.51. The molecule has 64 valence electrons. The normalized spacial score (nSPS) is 35.5. The van der Waals surface area contributed by atoms with E-state index in [2.05, 4.69) is 0 Å². The van der Waals surface area contributed by atoms with Crippen molar-refractivity contribution >= 4 is 5.91 Å². The van der Waals surface area contributed by atoms with Gasteiger partial charge in [-0.15, -0.1) is 0 Å². The highest BCUT2D eigenvalue weighted by atomic mass is 16.3. The van der Waals surface area contributed by atoms with Gasteiger partial charge in [0.1, 0.15) is 5.60 Å². The highest BCUT2D eigenvalue weighted by Crippen LogP contribution is 2.45. The standard InChI is InChI=1S/C8H15NO2/c1-7(2)4-3-5-8(7,11)6(9)10/h11H,3-5H2,1-2H3,(H2,9,10). The van der Waals surface area contributed by atoms with E-state index in [4.69, 9.17) is 5.73 Å². The lowest BCUT2D eigenvalue weighted by atomic mass is 9.77. The molecule has 0 aromatic rings. The van der Waals surface area contributed by atoms with Crippen LogP contribution in [0.3, 0.4) is 0 Å². The number of carbonyl (C=O) groups is 1. The molecule has 3 heteroatoms. The minimum absolute atomic E-state index is 0.348. The Balaban J connectivity index is 2.93. The fraction of sp³-hybridized carbons (Fsp3) is 0.875. The summed E-state index contributed by atoms with van der Waals surface area (Å²) in [6, 6.07) is 0. The van der Waals surface area contributed by atoms with E-state index in [9.17, 15) is 9.90 Å². The van der Waals surface area contributed by atoms with E-state index in [0.29, 0.717) is 6.42 Å². The Labute approximate surface area is 66.6 Å². The Hall–Kier alpha value is -0.570. The third-order valence-corrected chi connectivity index (χ3v) is 2.87. The van der Waals surface area contributed by atoms with Crippen LogP contribution < -0.4 is 5.73 Å². The fourth-order valence-electron chi connectivity index (χ4n) is 1.79. The van der Waals surface area contributed by atoms with Crippen molar-refractivity contribution in [2.75, 3.05) is 0 Å². The molecule has 1 amide bonds. The maximum Gasteiger partial charge on any atom is 0.249 e. The average molecular weight is 157 g/mol. The van der Waals surface area contributed by atoms with Gasteiger partial charge in [0.15, 0.2) is 0 Å². The maximum atomic E-state index is 10.9. The predicted molar refractivity (Wildman–Crippen MR) is 41.8 cm³/mol. The van der Waals surface area contributed by atoms with Crippen LogP contribution in [0.15, 0.2) is 0 Å². The Morgan fingerprint density at radius 1 is 1.45 bits per heavy atom. The van der Waals surface area contributed by atoms with E-state index in [1.807, 2.05) is 13.8 Å². The number of nitrogens with two attached hydrogens (primary N) is 1. The molecule has 0 heterocycles. The number of rotatable bonds is 1. The van der Waals surface area contributed by atoms with Gasteiger partial charge in [0.05, 0.1) is 0 Å². The van der Waals surface area contributed by atoms with Crippen molar-refractivity contribution in [2.24, 2.45) is 11.1 Å². The first-order valence-electron chi connectivity index (χ1n) is 3.92. The van der Waals surface area contributed by atoms with Crippen LogP contribution >= 0.6 is 0 Å². The summed E-state index contributed by atoms with van der Waals surface area (Å²) in [4.78, 5) is 10.9. The van der Waals surface area contributed by atoms with E-state index >= 15 is 0 Å². The second-order valence-corrected chi connectivity index (χ2v) is 3.96. The molecule has 0 aromatic heterocycles. The van der Waals surface area contributed by atoms with Gasteiger partial charge in [-0.05, 0) is 19.3 Å². The molecule has 0 spiro atoms. The van der Waals surface area contributed by atoms with Crippen LogP contribution in [0.2, 0.25) is 0 Å². The molecule has 0 aromatic carbocycles. The number of hydrogen-bond donors (Lipinski definition) is 2. The minimum Gasteiger partial charge on any atom is -0.379 e. The van der Waals surface area contributed by atoms with Crippen molar-refractivity contribution in [3.05, 3.63) is 0 Å². The first-order chi connectivity index (χ1) is 4.90. The van der Waals surface area contributed by atoms with Crippen molar-refractivity contribution in [1.82, 2.24) is 0 Å². The average Bonchev–Trinajstić information content (AvgIpc) is 2.09. The van der Waals surface area contributed by atoms with Crippen LogP contribution in [0.4, 0.5) is 0 Å². The van der Waals surface area contributed by atoms with E-state index in [1.165, 1.54) is 0 Å². The fourth-order valence-corrected chi connectivity index (χ4v) is 1.79. The van der Waals surface area contributed by atoms with Crippen molar-refractivity contribution in [3.8, 4) is 0 Å². The van der Waals surface area contributed by atoms with Gasteiger partial charge in [-0.1, -0.05) is 13.8 Å². The second kappa shape index (κ2) is 2.21. The summed E-state index contributed by atoms with van der Waals surface area (Å²) in [5.41, 5.74) is 3.50. The monoisotopic (exact) mass is 157 g/mol. The quantitative estimate of drug-likeness (QED) is 0.579. The van der Waals surface area contributed by atoms with E-state index in [1.54, 1.807) is 0 Å². The van der Waals surface area contributed by atoms with Crippen molar-refractivity contribution < 1.29 is 9.90 Å². The summed E-state index contributed by atoms with van der Waals surface area (Å²) in [5, 5.41) is 9.82. The zero-order valence-corrected chi connectivity index (χ0v) is 7.05. The molecule has 1 aliphatic rings. The Morgan fingerprint density at radius 3 is 2.18 bits per heavy atom. The molecule has 1 saturated carbocycles. The third kappa shape index (κ3) is 1.03. The van der Waals surface area contributed by atoms with Gasteiger partial charge in [0.2, 0.25) is 5.91 Å². The molecule has 1 fully saturated rings. The lowest BCUT2D eigenvalue weighted by Gasteiger charge is -2.33. The van der Waals surface area contributed by atoms with Crippen molar-refractivity contribution in [3.63, 3.8) is 0 Å². The first-order valence-corrected chi connectivity index (χ1v) is 3.92. The van der Waals surface area contributed by atoms with E-state index in [-0.39, 0.29) is 5.41 Å². The van der Waals surface area contributed by atoms with Gasteiger partial charge in [0.25, 0.3) is 0 Å². The molecule has 1 aliphatic carbocycles. The number of primary amides is 1. The van der Waals surface area contributed by atoms with Crippen LogP contribution in [0.1, 0.15) is 33.1 Å². The molecule has 0 radical (unpaired) electrons. The van der Waals surface area contributed by atoms with Gasteiger partial charge in [0, 0.05) is 5.41 Å². The highest BCUT2D eigenvalue weighted by molar-refractivity contribution is 5.84. The van der Waals surface area contributed by atoms with Gasteiger partial charge in [-0.3, -0.25) is 4.79 Å². The van der Waals surface area contributed by atoms with Crippen LogP contribution in [0, 0.1) is 5.41 Å². The first kappa shape index (κ1) is 8.53. The zero-order chi connectivity index (χ0) is 8.70.